The van der Waals surface area contributed by atoms with Gasteiger partial charge in [-0.25, -0.2) is 0 Å². The van der Waals surface area contributed by atoms with Gasteiger partial charge in [-0.3, -0.25) is 0 Å². The number of nitrogens with zero attached hydrogens (tertiary/aromatic N) is 1. The Morgan fingerprint density at radius 2 is 2.24 bits per heavy atom. The molecule has 100 valence electrons. The average Bonchev–Trinajstić information content (AvgIpc) is 2.64. The molecule has 3 heteroatoms. The van der Waals surface area contributed by atoms with Gasteiger partial charge in [0, 0.05) is 29.9 Å². The van der Waals surface area contributed by atoms with Gasteiger partial charge in [0.1, 0.15) is 0 Å². The Labute approximate surface area is 111 Å². The van der Waals surface area contributed by atoms with Crippen molar-refractivity contribution < 1.29 is 0 Å². The molecule has 2 nitrogen and oxygen atoms in total. The van der Waals surface area contributed by atoms with Gasteiger partial charge in [0.2, 0.25) is 0 Å². The molecule has 0 aromatic carbocycles. The lowest BCUT2D eigenvalue weighted by Crippen LogP contribution is -2.50. The summed E-state index contributed by atoms with van der Waals surface area (Å²) in [4.78, 5) is 2.70. The molecule has 1 N–H and O–H groups in total. The number of hydrogen-bond acceptors (Lipinski definition) is 3. The number of likely N-dealkylation sites (tertiary alicyclic amines) is 1. The van der Waals surface area contributed by atoms with E-state index in [1.54, 1.807) is 0 Å². The average molecular weight is 256 g/mol. The number of piperidine rings is 1. The van der Waals surface area contributed by atoms with Crippen molar-refractivity contribution in [3.05, 3.63) is 0 Å². The predicted molar refractivity (Wildman–Crippen MR) is 77.8 cm³/mol. The fourth-order valence-corrected chi connectivity index (χ4v) is 4.59. The Morgan fingerprint density at radius 1 is 1.41 bits per heavy atom. The van der Waals surface area contributed by atoms with E-state index < -0.39 is 0 Å². The summed E-state index contributed by atoms with van der Waals surface area (Å²) in [5, 5.41) is 3.70. The van der Waals surface area contributed by atoms with Crippen molar-refractivity contribution in [3.63, 3.8) is 0 Å². The highest BCUT2D eigenvalue weighted by Gasteiger charge is 2.33. The molecule has 0 aromatic heterocycles. The molecule has 0 bridgehead atoms. The molecule has 0 saturated carbocycles. The first-order valence-corrected chi connectivity index (χ1v) is 8.18. The SMILES string of the molecule is CC(C)NC1CCCN(CC2(C)CCCS2)C1. The lowest BCUT2D eigenvalue weighted by molar-refractivity contribution is 0.172. The van der Waals surface area contributed by atoms with E-state index in [4.69, 9.17) is 0 Å². The van der Waals surface area contributed by atoms with Crippen LogP contribution in [0.5, 0.6) is 0 Å². The lowest BCUT2D eigenvalue weighted by atomic mass is 10.0. The second-order valence-electron chi connectivity index (χ2n) is 6.30. The van der Waals surface area contributed by atoms with E-state index in [9.17, 15) is 0 Å². The molecule has 2 rings (SSSR count). The normalized spacial score (nSPS) is 35.6. The third kappa shape index (κ3) is 4.15. The van der Waals surface area contributed by atoms with Gasteiger partial charge >= 0.3 is 0 Å². The summed E-state index contributed by atoms with van der Waals surface area (Å²) in [5.74, 6) is 1.37. The molecule has 0 amide bonds. The molecule has 2 heterocycles. The van der Waals surface area contributed by atoms with Crippen LogP contribution in [0.3, 0.4) is 0 Å². The van der Waals surface area contributed by atoms with Crippen LogP contribution in [0.15, 0.2) is 0 Å². The number of hydrogen-bond donors (Lipinski definition) is 1. The third-order valence-electron chi connectivity index (χ3n) is 3.93. The Bertz CT molecular complexity index is 236. The van der Waals surface area contributed by atoms with Gasteiger partial charge < -0.3 is 10.2 Å². The molecule has 2 aliphatic heterocycles. The van der Waals surface area contributed by atoms with E-state index in [0.717, 1.165) is 6.04 Å². The predicted octanol–water partition coefficient (Wildman–Crippen LogP) is 2.73. The van der Waals surface area contributed by atoms with Gasteiger partial charge in [0.05, 0.1) is 0 Å². The minimum atomic E-state index is 0.541. The number of rotatable bonds is 4. The van der Waals surface area contributed by atoms with Crippen molar-refractivity contribution in [2.24, 2.45) is 0 Å². The van der Waals surface area contributed by atoms with Crippen LogP contribution in [0.2, 0.25) is 0 Å². The summed E-state index contributed by atoms with van der Waals surface area (Å²) in [6.45, 7) is 10.8. The zero-order valence-electron chi connectivity index (χ0n) is 11.7. The monoisotopic (exact) mass is 256 g/mol. The lowest BCUT2D eigenvalue weighted by Gasteiger charge is -2.38. The fraction of sp³-hybridized carbons (Fsp3) is 1.00. The molecular weight excluding hydrogens is 228 g/mol. The fourth-order valence-electron chi connectivity index (χ4n) is 3.24. The highest BCUT2D eigenvalue weighted by molar-refractivity contribution is 8.00. The van der Waals surface area contributed by atoms with E-state index >= 15 is 0 Å². The summed E-state index contributed by atoms with van der Waals surface area (Å²) in [5.41, 5.74) is 0. The third-order valence-corrected chi connectivity index (χ3v) is 5.46. The zero-order valence-corrected chi connectivity index (χ0v) is 12.5. The van der Waals surface area contributed by atoms with Crippen LogP contribution in [0.25, 0.3) is 0 Å². The second-order valence-corrected chi connectivity index (χ2v) is 7.98. The minimum absolute atomic E-state index is 0.541. The number of nitrogens with one attached hydrogen (secondary N) is 1. The Balaban J connectivity index is 1.80. The first-order chi connectivity index (χ1) is 8.07. The van der Waals surface area contributed by atoms with Crippen molar-refractivity contribution in [2.45, 2.75) is 63.3 Å². The first-order valence-electron chi connectivity index (χ1n) is 7.20. The molecule has 17 heavy (non-hydrogen) atoms. The molecule has 0 aromatic rings. The summed E-state index contributed by atoms with van der Waals surface area (Å²) in [7, 11) is 0. The molecule has 2 fully saturated rings. The van der Waals surface area contributed by atoms with E-state index in [2.05, 4.69) is 42.7 Å². The summed E-state index contributed by atoms with van der Waals surface area (Å²) in [6.07, 6.45) is 5.56. The summed E-state index contributed by atoms with van der Waals surface area (Å²) < 4.78 is 0.541. The highest BCUT2D eigenvalue weighted by Crippen LogP contribution is 2.38. The maximum Gasteiger partial charge on any atom is 0.0259 e. The van der Waals surface area contributed by atoms with Gasteiger partial charge in [-0.1, -0.05) is 13.8 Å². The van der Waals surface area contributed by atoms with Crippen molar-refractivity contribution in [2.75, 3.05) is 25.4 Å². The topological polar surface area (TPSA) is 15.3 Å². The van der Waals surface area contributed by atoms with E-state index in [1.165, 1.54) is 51.1 Å². The van der Waals surface area contributed by atoms with Crippen molar-refractivity contribution in [1.82, 2.24) is 10.2 Å². The van der Waals surface area contributed by atoms with Gasteiger partial charge in [0.15, 0.2) is 0 Å². The molecule has 0 spiro atoms. The van der Waals surface area contributed by atoms with Crippen LogP contribution in [0, 0.1) is 0 Å². The van der Waals surface area contributed by atoms with Crippen LogP contribution < -0.4 is 5.32 Å². The van der Waals surface area contributed by atoms with Crippen molar-refractivity contribution >= 4 is 11.8 Å². The van der Waals surface area contributed by atoms with Crippen LogP contribution in [0.4, 0.5) is 0 Å². The van der Waals surface area contributed by atoms with E-state index in [-0.39, 0.29) is 0 Å². The maximum absolute atomic E-state index is 3.70. The summed E-state index contributed by atoms with van der Waals surface area (Å²) >= 11 is 2.19. The van der Waals surface area contributed by atoms with E-state index in [0.29, 0.717) is 10.8 Å². The van der Waals surface area contributed by atoms with Crippen LogP contribution >= 0.6 is 11.8 Å². The standard InChI is InChI=1S/C14H28N2S/c1-12(2)15-13-6-4-8-16(10-13)11-14(3)7-5-9-17-14/h12-13,15H,4-11H2,1-3H3. The van der Waals surface area contributed by atoms with E-state index in [1.807, 2.05) is 0 Å². The largest absolute Gasteiger partial charge is 0.311 e. The van der Waals surface area contributed by atoms with Gasteiger partial charge in [-0.2, -0.15) is 11.8 Å². The van der Waals surface area contributed by atoms with Crippen LogP contribution in [0.1, 0.15) is 46.5 Å². The van der Waals surface area contributed by atoms with Crippen molar-refractivity contribution in [3.8, 4) is 0 Å². The Hall–Kier alpha value is 0.270. The van der Waals surface area contributed by atoms with Gasteiger partial charge in [-0.15, -0.1) is 0 Å². The summed E-state index contributed by atoms with van der Waals surface area (Å²) in [6, 6.07) is 1.34. The van der Waals surface area contributed by atoms with Crippen LogP contribution in [-0.2, 0) is 0 Å². The highest BCUT2D eigenvalue weighted by atomic mass is 32.2. The zero-order chi connectivity index (χ0) is 12.3. The van der Waals surface area contributed by atoms with Gasteiger partial charge in [0.25, 0.3) is 0 Å². The Kier molecular flexibility index (Phi) is 4.79. The molecule has 2 saturated heterocycles. The van der Waals surface area contributed by atoms with Gasteiger partial charge in [-0.05, 0) is 44.9 Å². The molecule has 2 atom stereocenters. The molecular formula is C14H28N2S. The Morgan fingerprint density at radius 3 is 2.88 bits per heavy atom. The van der Waals surface area contributed by atoms with Crippen molar-refractivity contribution in [1.29, 1.82) is 0 Å². The first kappa shape index (κ1) is 13.7. The molecule has 2 aliphatic rings. The molecule has 2 unspecified atom stereocenters. The second kappa shape index (κ2) is 5.94. The molecule has 0 radical (unpaired) electrons. The molecule has 0 aliphatic carbocycles. The smallest absolute Gasteiger partial charge is 0.0259 e. The quantitative estimate of drug-likeness (QED) is 0.832. The maximum atomic E-state index is 3.70. The number of thioether (sulfide) groups is 1. The minimum Gasteiger partial charge on any atom is -0.311 e. The van der Waals surface area contributed by atoms with Crippen LogP contribution in [-0.4, -0.2) is 47.1 Å².